The molecule has 0 saturated heterocycles. The number of anilines is 1. The molecule has 4 aromatic rings. The van der Waals surface area contributed by atoms with Crippen LogP contribution in [0.15, 0.2) is 79.5 Å². The van der Waals surface area contributed by atoms with Gasteiger partial charge in [-0.2, -0.15) is 0 Å². The van der Waals surface area contributed by atoms with Crippen molar-refractivity contribution < 1.29 is 19.2 Å². The Labute approximate surface area is 268 Å². The van der Waals surface area contributed by atoms with E-state index in [1.165, 1.54) is 11.1 Å². The van der Waals surface area contributed by atoms with Crippen molar-refractivity contribution in [1.29, 1.82) is 5.41 Å². The molecule has 2 heterocycles. The van der Waals surface area contributed by atoms with Crippen molar-refractivity contribution in [2.75, 3.05) is 44.7 Å². The SMILES string of the molecule is C=CN(C=N)c1ccc2c3c(cccc13)C(=O)N(CCNCCCN(C)CCC)C2=O.O=C1NC(=O)c2cccc3cccc1c23. The number of nitrogens with one attached hydrogen (secondary N) is 3. The van der Waals surface area contributed by atoms with E-state index in [9.17, 15) is 19.2 Å². The largest absolute Gasteiger partial charge is 0.315 e. The summed E-state index contributed by atoms with van der Waals surface area (Å²) in [5, 5.41) is 16.3. The molecule has 0 spiro atoms. The van der Waals surface area contributed by atoms with Crippen LogP contribution in [-0.4, -0.2) is 79.5 Å². The summed E-state index contributed by atoms with van der Waals surface area (Å²) in [4.78, 5) is 54.5. The predicted molar refractivity (Wildman–Crippen MR) is 182 cm³/mol. The lowest BCUT2D eigenvalue weighted by Crippen LogP contribution is -2.44. The number of carbonyl (C=O) groups is 4. The van der Waals surface area contributed by atoms with Crippen LogP contribution in [0.2, 0.25) is 0 Å². The Morgan fingerprint density at radius 3 is 2.09 bits per heavy atom. The third kappa shape index (κ3) is 6.30. The third-order valence-electron chi connectivity index (χ3n) is 8.21. The number of nitrogens with zero attached hydrogens (tertiary/aromatic N) is 3. The van der Waals surface area contributed by atoms with Gasteiger partial charge in [0.05, 0.1) is 12.0 Å². The first kappa shape index (κ1) is 32.2. The van der Waals surface area contributed by atoms with E-state index >= 15 is 0 Å². The normalized spacial score (nSPS) is 13.5. The minimum atomic E-state index is -0.315. The van der Waals surface area contributed by atoms with Gasteiger partial charge in [0, 0.05) is 57.7 Å². The fourth-order valence-corrected chi connectivity index (χ4v) is 6.02. The zero-order valence-corrected chi connectivity index (χ0v) is 26.1. The third-order valence-corrected chi connectivity index (χ3v) is 8.21. The lowest BCUT2D eigenvalue weighted by molar-refractivity contribution is 0.0611. The Hall–Kier alpha value is -5.19. The average molecular weight is 619 g/mol. The molecule has 4 amide bonds. The number of carbonyl (C=O) groups excluding carboxylic acids is 4. The molecule has 0 saturated carbocycles. The van der Waals surface area contributed by atoms with E-state index in [0.717, 1.165) is 55.0 Å². The molecule has 0 atom stereocenters. The average Bonchev–Trinajstić information content (AvgIpc) is 3.06. The predicted octanol–water partition coefficient (Wildman–Crippen LogP) is 5.04. The molecule has 46 heavy (non-hydrogen) atoms. The van der Waals surface area contributed by atoms with E-state index in [4.69, 9.17) is 5.41 Å². The highest BCUT2D eigenvalue weighted by Crippen LogP contribution is 2.35. The second-order valence-corrected chi connectivity index (χ2v) is 11.2. The first-order valence-electron chi connectivity index (χ1n) is 15.4. The highest BCUT2D eigenvalue weighted by molar-refractivity contribution is 6.27. The van der Waals surface area contributed by atoms with Crippen molar-refractivity contribution in [3.8, 4) is 0 Å². The van der Waals surface area contributed by atoms with Crippen molar-refractivity contribution in [2.45, 2.75) is 19.8 Å². The van der Waals surface area contributed by atoms with Gasteiger partial charge in [0.15, 0.2) is 0 Å². The van der Waals surface area contributed by atoms with Gasteiger partial charge < -0.3 is 15.1 Å². The Morgan fingerprint density at radius 1 is 0.826 bits per heavy atom. The minimum absolute atomic E-state index is 0.273. The van der Waals surface area contributed by atoms with Gasteiger partial charge in [-0.05, 0) is 75.2 Å². The zero-order valence-electron chi connectivity index (χ0n) is 26.1. The summed E-state index contributed by atoms with van der Waals surface area (Å²) < 4.78 is 0. The number of hydrogen-bond donors (Lipinski definition) is 3. The fraction of sp³-hybridized carbons (Fsp3) is 0.250. The molecule has 10 nitrogen and oxygen atoms in total. The van der Waals surface area contributed by atoms with E-state index in [1.54, 1.807) is 35.2 Å². The van der Waals surface area contributed by atoms with Gasteiger partial charge in [0.25, 0.3) is 23.6 Å². The molecule has 0 bridgehead atoms. The van der Waals surface area contributed by atoms with Gasteiger partial charge in [-0.3, -0.25) is 34.8 Å². The van der Waals surface area contributed by atoms with Gasteiger partial charge in [0.1, 0.15) is 0 Å². The molecular formula is C36H38N6O4. The number of benzene rings is 4. The molecule has 0 aromatic heterocycles. The Bertz CT molecular complexity index is 1770. The van der Waals surface area contributed by atoms with Crippen LogP contribution < -0.4 is 15.5 Å². The van der Waals surface area contributed by atoms with Gasteiger partial charge >= 0.3 is 0 Å². The number of rotatable bonds is 12. The van der Waals surface area contributed by atoms with Crippen LogP contribution in [0.1, 0.15) is 61.2 Å². The summed E-state index contributed by atoms with van der Waals surface area (Å²) in [6.45, 7) is 9.77. The monoisotopic (exact) mass is 618 g/mol. The summed E-state index contributed by atoms with van der Waals surface area (Å²) in [7, 11) is 2.12. The van der Waals surface area contributed by atoms with Crippen molar-refractivity contribution >= 4 is 57.2 Å². The van der Waals surface area contributed by atoms with Crippen LogP contribution in [0, 0.1) is 5.41 Å². The van der Waals surface area contributed by atoms with Crippen LogP contribution >= 0.6 is 0 Å². The summed E-state index contributed by atoms with van der Waals surface area (Å²) in [5.74, 6) is -1.18. The minimum Gasteiger partial charge on any atom is -0.315 e. The molecule has 0 radical (unpaired) electrons. The second-order valence-electron chi connectivity index (χ2n) is 11.2. The fourth-order valence-electron chi connectivity index (χ4n) is 6.02. The van der Waals surface area contributed by atoms with Crippen molar-refractivity contribution in [3.05, 3.63) is 102 Å². The molecule has 3 N–H and O–H groups in total. The first-order valence-corrected chi connectivity index (χ1v) is 15.4. The van der Waals surface area contributed by atoms with Crippen LogP contribution in [0.25, 0.3) is 21.5 Å². The Balaban J connectivity index is 0.000000229. The standard InChI is InChI=1S/C24H31N5O2.C12H7NO2/c1-4-14-27(3)15-7-12-26-13-16-29-23(30)19-9-6-8-18-21(28(5-2)17-25)11-10-20(22(18)19)24(29)31;14-11-8-5-1-3-7-4-2-6-9(10(7)8)12(15)13-11/h5-6,8-11,17,25-26H,2,4,7,12-16H2,1,3H3;1-6H,(H,13,14,15). The number of amides is 4. The number of imide groups is 2. The number of hydrogen-bond acceptors (Lipinski definition) is 7. The molecule has 6 rings (SSSR count). The molecule has 0 fully saturated rings. The van der Waals surface area contributed by atoms with Crippen LogP contribution in [0.3, 0.4) is 0 Å². The summed E-state index contributed by atoms with van der Waals surface area (Å²) in [6.07, 6.45) is 4.85. The maximum atomic E-state index is 13.1. The molecular weight excluding hydrogens is 580 g/mol. The van der Waals surface area contributed by atoms with Crippen LogP contribution in [-0.2, 0) is 0 Å². The van der Waals surface area contributed by atoms with E-state index in [0.29, 0.717) is 46.4 Å². The molecule has 2 aliphatic heterocycles. The molecule has 2 aliphatic rings. The van der Waals surface area contributed by atoms with Crippen LogP contribution in [0.5, 0.6) is 0 Å². The van der Waals surface area contributed by atoms with Crippen molar-refractivity contribution in [2.24, 2.45) is 0 Å². The molecule has 0 unspecified atom stereocenters. The van der Waals surface area contributed by atoms with E-state index in [1.807, 2.05) is 36.4 Å². The first-order chi connectivity index (χ1) is 22.3. The second kappa shape index (κ2) is 14.3. The molecule has 236 valence electrons. The summed E-state index contributed by atoms with van der Waals surface area (Å²) in [6, 6.07) is 19.9. The van der Waals surface area contributed by atoms with Crippen molar-refractivity contribution in [3.63, 3.8) is 0 Å². The Morgan fingerprint density at radius 2 is 1.46 bits per heavy atom. The highest BCUT2D eigenvalue weighted by atomic mass is 16.2. The van der Waals surface area contributed by atoms with Crippen molar-refractivity contribution in [1.82, 2.24) is 20.4 Å². The van der Waals surface area contributed by atoms with E-state index in [-0.39, 0.29) is 23.6 Å². The highest BCUT2D eigenvalue weighted by Gasteiger charge is 2.33. The zero-order chi connectivity index (χ0) is 32.8. The van der Waals surface area contributed by atoms with Gasteiger partial charge in [0.2, 0.25) is 0 Å². The lowest BCUT2D eigenvalue weighted by Gasteiger charge is -2.28. The van der Waals surface area contributed by atoms with Crippen LogP contribution in [0.4, 0.5) is 5.69 Å². The topological polar surface area (TPSA) is 126 Å². The molecule has 0 aliphatic carbocycles. The van der Waals surface area contributed by atoms with Gasteiger partial charge in [-0.1, -0.05) is 49.9 Å². The smallest absolute Gasteiger partial charge is 0.261 e. The molecule has 4 aromatic carbocycles. The van der Waals surface area contributed by atoms with E-state index in [2.05, 4.69) is 36.1 Å². The summed E-state index contributed by atoms with van der Waals surface area (Å²) in [5.41, 5.74) is 2.90. The van der Waals surface area contributed by atoms with E-state index < -0.39 is 0 Å². The Kier molecular flexibility index (Phi) is 10.00. The maximum Gasteiger partial charge on any atom is 0.261 e. The molecule has 10 heteroatoms. The van der Waals surface area contributed by atoms with Gasteiger partial charge in [-0.15, -0.1) is 0 Å². The maximum absolute atomic E-state index is 13.1. The lowest BCUT2D eigenvalue weighted by atomic mass is 9.93. The van der Waals surface area contributed by atoms with Gasteiger partial charge in [-0.25, -0.2) is 0 Å². The summed E-state index contributed by atoms with van der Waals surface area (Å²) >= 11 is 0. The quantitative estimate of drug-likeness (QED) is 0.0880.